The van der Waals surface area contributed by atoms with Crippen molar-refractivity contribution in [1.82, 2.24) is 0 Å². The number of hydrogen-bond acceptors (Lipinski definition) is 3. The minimum Gasteiger partial charge on any atom is -0.490 e. The monoisotopic (exact) mass is 268 g/mol. The lowest BCUT2D eigenvalue weighted by Gasteiger charge is -2.16. The molecule has 0 fully saturated rings. The van der Waals surface area contributed by atoms with Gasteiger partial charge in [0.1, 0.15) is 12.4 Å². The molecule has 1 N–H and O–H groups in total. The van der Waals surface area contributed by atoms with Crippen LogP contribution in [-0.4, -0.2) is 30.3 Å². The van der Waals surface area contributed by atoms with Gasteiger partial charge in [-0.1, -0.05) is 17.7 Å². The fourth-order valence-corrected chi connectivity index (χ4v) is 1.23. The zero-order valence-corrected chi connectivity index (χ0v) is 9.13. The van der Waals surface area contributed by atoms with Crippen LogP contribution in [0.4, 0.5) is 13.2 Å². The summed E-state index contributed by atoms with van der Waals surface area (Å²) in [4.78, 5) is 10.6. The molecule has 0 heterocycles. The molecule has 0 saturated heterocycles. The first-order valence-electron chi connectivity index (χ1n) is 4.47. The van der Waals surface area contributed by atoms with E-state index in [9.17, 15) is 18.0 Å². The third-order valence-electron chi connectivity index (χ3n) is 1.91. The fraction of sp³-hybridized carbons (Fsp3) is 0.300. The van der Waals surface area contributed by atoms with Gasteiger partial charge >= 0.3 is 6.18 Å². The van der Waals surface area contributed by atoms with Gasteiger partial charge in [0.05, 0.1) is 10.6 Å². The highest BCUT2D eigenvalue weighted by Crippen LogP contribution is 2.26. The van der Waals surface area contributed by atoms with Crippen LogP contribution < -0.4 is 4.74 Å². The molecular weight excluding hydrogens is 261 g/mol. The predicted octanol–water partition coefficient (Wildman–Crippen LogP) is 2.45. The van der Waals surface area contributed by atoms with E-state index in [1.165, 1.54) is 18.2 Å². The topological polar surface area (TPSA) is 46.5 Å². The Kier molecular flexibility index (Phi) is 4.36. The number of aldehydes is 1. The Morgan fingerprint density at radius 1 is 1.47 bits per heavy atom. The Morgan fingerprint density at radius 3 is 2.65 bits per heavy atom. The molecule has 0 amide bonds. The highest BCUT2D eigenvalue weighted by Gasteiger charge is 2.38. The lowest BCUT2D eigenvalue weighted by molar-refractivity contribution is -0.210. The summed E-state index contributed by atoms with van der Waals surface area (Å²) in [5.74, 6) is -0.101. The van der Waals surface area contributed by atoms with Crippen LogP contribution in [0.3, 0.4) is 0 Å². The number of carbonyl (C=O) groups excluding carboxylic acids is 1. The van der Waals surface area contributed by atoms with E-state index in [1.54, 1.807) is 0 Å². The number of halogens is 4. The first-order valence-corrected chi connectivity index (χ1v) is 4.85. The Bertz CT molecular complexity index is 406. The highest BCUT2D eigenvalue weighted by molar-refractivity contribution is 6.33. The van der Waals surface area contributed by atoms with Gasteiger partial charge in [0.2, 0.25) is 0 Å². The van der Waals surface area contributed by atoms with Crippen LogP contribution in [0, 0.1) is 0 Å². The lowest BCUT2D eigenvalue weighted by atomic mass is 10.2. The molecule has 0 aliphatic rings. The molecule has 94 valence electrons. The molecule has 0 aliphatic carbocycles. The minimum atomic E-state index is -4.76. The van der Waals surface area contributed by atoms with Crippen molar-refractivity contribution < 1.29 is 27.8 Å². The zero-order valence-electron chi connectivity index (χ0n) is 8.37. The van der Waals surface area contributed by atoms with Gasteiger partial charge in [0, 0.05) is 0 Å². The van der Waals surface area contributed by atoms with Crippen molar-refractivity contribution in [2.75, 3.05) is 6.61 Å². The first kappa shape index (κ1) is 13.8. The van der Waals surface area contributed by atoms with Crippen molar-refractivity contribution in [3.63, 3.8) is 0 Å². The molecular formula is C10H8ClF3O3. The number of benzene rings is 1. The number of hydrogen-bond donors (Lipinski definition) is 1. The van der Waals surface area contributed by atoms with E-state index < -0.39 is 18.9 Å². The van der Waals surface area contributed by atoms with Gasteiger partial charge in [0.15, 0.2) is 12.4 Å². The second kappa shape index (κ2) is 5.37. The molecule has 1 aromatic carbocycles. The van der Waals surface area contributed by atoms with Gasteiger partial charge in [-0.15, -0.1) is 0 Å². The van der Waals surface area contributed by atoms with Crippen molar-refractivity contribution in [3.8, 4) is 5.75 Å². The van der Waals surface area contributed by atoms with Crippen molar-refractivity contribution >= 4 is 17.9 Å². The number of aliphatic hydroxyl groups is 1. The Balaban J connectivity index is 2.76. The lowest BCUT2D eigenvalue weighted by Crippen LogP contribution is -2.34. The normalized spacial score (nSPS) is 13.2. The molecule has 1 atom stereocenters. The van der Waals surface area contributed by atoms with E-state index in [0.717, 1.165) is 0 Å². The maximum absolute atomic E-state index is 12.0. The van der Waals surface area contributed by atoms with Crippen molar-refractivity contribution in [3.05, 3.63) is 28.8 Å². The number of carbonyl (C=O) groups is 1. The molecule has 0 aromatic heterocycles. The summed E-state index contributed by atoms with van der Waals surface area (Å²) >= 11 is 5.64. The molecule has 0 spiro atoms. The third-order valence-corrected chi connectivity index (χ3v) is 2.23. The average Bonchev–Trinajstić information content (AvgIpc) is 2.24. The van der Waals surface area contributed by atoms with Crippen LogP contribution >= 0.6 is 11.6 Å². The van der Waals surface area contributed by atoms with E-state index in [-0.39, 0.29) is 16.3 Å². The maximum atomic E-state index is 12.0. The standard InChI is InChI=1S/C10H8ClF3O3/c11-7-2-1-3-8(6(7)4-15)17-5-9(16)10(12,13)14/h1-4,9,16H,5H2. The van der Waals surface area contributed by atoms with Gasteiger partial charge in [-0.2, -0.15) is 13.2 Å². The van der Waals surface area contributed by atoms with E-state index >= 15 is 0 Å². The molecule has 17 heavy (non-hydrogen) atoms. The number of aliphatic hydroxyl groups excluding tert-OH is 1. The summed E-state index contributed by atoms with van der Waals surface area (Å²) in [6, 6.07) is 4.11. The summed E-state index contributed by atoms with van der Waals surface area (Å²) in [7, 11) is 0. The van der Waals surface area contributed by atoms with Gasteiger partial charge in [0.25, 0.3) is 0 Å². The smallest absolute Gasteiger partial charge is 0.417 e. The van der Waals surface area contributed by atoms with Crippen molar-refractivity contribution in [1.29, 1.82) is 0 Å². The Hall–Kier alpha value is -1.27. The van der Waals surface area contributed by atoms with Crippen LogP contribution in [0.1, 0.15) is 10.4 Å². The van der Waals surface area contributed by atoms with Crippen LogP contribution in [0.5, 0.6) is 5.75 Å². The predicted molar refractivity (Wildman–Crippen MR) is 54.4 cm³/mol. The van der Waals surface area contributed by atoms with Crippen LogP contribution in [0.2, 0.25) is 5.02 Å². The molecule has 0 radical (unpaired) electrons. The van der Waals surface area contributed by atoms with Gasteiger partial charge < -0.3 is 9.84 Å². The molecule has 1 unspecified atom stereocenters. The average molecular weight is 269 g/mol. The fourth-order valence-electron chi connectivity index (χ4n) is 1.02. The largest absolute Gasteiger partial charge is 0.490 e. The van der Waals surface area contributed by atoms with Gasteiger partial charge in [-0.3, -0.25) is 4.79 Å². The highest BCUT2D eigenvalue weighted by atomic mass is 35.5. The summed E-state index contributed by atoms with van der Waals surface area (Å²) < 4.78 is 40.7. The molecule has 0 bridgehead atoms. The second-order valence-electron chi connectivity index (χ2n) is 3.14. The summed E-state index contributed by atoms with van der Waals surface area (Å²) in [6.07, 6.45) is -7.00. The molecule has 1 rings (SSSR count). The van der Waals surface area contributed by atoms with Crippen molar-refractivity contribution in [2.45, 2.75) is 12.3 Å². The SMILES string of the molecule is O=Cc1c(Cl)cccc1OCC(O)C(F)(F)F. The van der Waals surface area contributed by atoms with Gasteiger partial charge in [-0.25, -0.2) is 0 Å². The Labute approximate surface area is 99.8 Å². The number of alkyl halides is 3. The number of ether oxygens (including phenoxy) is 1. The minimum absolute atomic E-state index is 0.0523. The third kappa shape index (κ3) is 3.61. The summed E-state index contributed by atoms with van der Waals surface area (Å²) in [6.45, 7) is -0.995. The second-order valence-corrected chi connectivity index (χ2v) is 3.55. The van der Waals surface area contributed by atoms with E-state index in [4.69, 9.17) is 21.4 Å². The van der Waals surface area contributed by atoms with Gasteiger partial charge in [-0.05, 0) is 12.1 Å². The van der Waals surface area contributed by atoms with E-state index in [2.05, 4.69) is 0 Å². The van der Waals surface area contributed by atoms with Crippen LogP contribution in [0.15, 0.2) is 18.2 Å². The molecule has 0 saturated carbocycles. The maximum Gasteiger partial charge on any atom is 0.417 e. The number of rotatable bonds is 4. The molecule has 3 nitrogen and oxygen atoms in total. The van der Waals surface area contributed by atoms with E-state index in [0.29, 0.717) is 6.29 Å². The molecule has 1 aromatic rings. The first-order chi connectivity index (χ1) is 7.86. The van der Waals surface area contributed by atoms with Crippen molar-refractivity contribution in [2.24, 2.45) is 0 Å². The summed E-state index contributed by atoms with van der Waals surface area (Å²) in [5.41, 5.74) is -0.0523. The Morgan fingerprint density at radius 2 is 2.12 bits per heavy atom. The molecule has 0 aliphatic heterocycles. The molecule has 7 heteroatoms. The quantitative estimate of drug-likeness (QED) is 0.853. The summed E-state index contributed by atoms with van der Waals surface area (Å²) in [5, 5.41) is 8.78. The van der Waals surface area contributed by atoms with Crippen LogP contribution in [-0.2, 0) is 0 Å². The van der Waals surface area contributed by atoms with Crippen LogP contribution in [0.25, 0.3) is 0 Å². The van der Waals surface area contributed by atoms with E-state index in [1.807, 2.05) is 0 Å². The zero-order chi connectivity index (χ0) is 13.1.